The minimum Gasteiger partial charge on any atom is -0.354 e. The maximum Gasteiger partial charge on any atom is 0.227 e. The summed E-state index contributed by atoms with van der Waals surface area (Å²) in [5.41, 5.74) is 2.27. The van der Waals surface area contributed by atoms with E-state index in [0.717, 1.165) is 43.3 Å². The van der Waals surface area contributed by atoms with Gasteiger partial charge in [0.25, 0.3) is 0 Å². The van der Waals surface area contributed by atoms with Crippen LogP contribution in [0.5, 0.6) is 0 Å². The van der Waals surface area contributed by atoms with E-state index in [-0.39, 0.29) is 5.02 Å². The van der Waals surface area contributed by atoms with Gasteiger partial charge in [0.15, 0.2) is 0 Å². The Morgan fingerprint density at radius 2 is 1.93 bits per heavy atom. The van der Waals surface area contributed by atoms with Crippen molar-refractivity contribution in [2.24, 2.45) is 0 Å². The van der Waals surface area contributed by atoms with Crippen LogP contribution in [-0.2, 0) is 0 Å². The van der Waals surface area contributed by atoms with Crippen molar-refractivity contribution >= 4 is 29.1 Å². The molecule has 27 heavy (non-hydrogen) atoms. The zero-order valence-electron chi connectivity index (χ0n) is 14.5. The second-order valence-electron chi connectivity index (χ2n) is 6.16. The van der Waals surface area contributed by atoms with Crippen molar-refractivity contribution in [2.45, 2.75) is 0 Å². The molecule has 4 rings (SSSR count). The van der Waals surface area contributed by atoms with E-state index in [0.29, 0.717) is 11.6 Å². The van der Waals surface area contributed by atoms with Crippen molar-refractivity contribution in [3.05, 3.63) is 59.6 Å². The van der Waals surface area contributed by atoms with Gasteiger partial charge < -0.3 is 15.5 Å². The van der Waals surface area contributed by atoms with E-state index in [4.69, 9.17) is 11.6 Å². The third-order valence-corrected chi connectivity index (χ3v) is 4.61. The fraction of sp³-hybridized carbons (Fsp3) is 0.211. The first-order chi connectivity index (χ1) is 13.2. The van der Waals surface area contributed by atoms with Gasteiger partial charge in [-0.25, -0.2) is 19.3 Å². The summed E-state index contributed by atoms with van der Waals surface area (Å²) in [6.45, 7) is 3.85. The molecule has 2 aromatic heterocycles. The van der Waals surface area contributed by atoms with Gasteiger partial charge in [-0.2, -0.15) is 0 Å². The number of piperazine rings is 1. The van der Waals surface area contributed by atoms with Crippen LogP contribution < -0.4 is 15.5 Å². The third-order valence-electron chi connectivity index (χ3n) is 4.32. The molecule has 0 spiro atoms. The molecule has 0 radical (unpaired) electrons. The monoisotopic (exact) mass is 384 g/mol. The molecule has 0 aliphatic carbocycles. The maximum atomic E-state index is 13.3. The summed E-state index contributed by atoms with van der Waals surface area (Å²) in [4.78, 5) is 15.5. The fourth-order valence-corrected chi connectivity index (χ4v) is 3.08. The molecule has 0 amide bonds. The van der Waals surface area contributed by atoms with E-state index in [9.17, 15) is 4.39 Å². The van der Waals surface area contributed by atoms with Crippen LogP contribution >= 0.6 is 11.6 Å². The molecule has 1 saturated heterocycles. The molecule has 1 aromatic carbocycles. The van der Waals surface area contributed by atoms with E-state index < -0.39 is 5.82 Å². The number of anilines is 3. The molecule has 8 heteroatoms. The van der Waals surface area contributed by atoms with Crippen molar-refractivity contribution in [3.8, 4) is 11.3 Å². The Morgan fingerprint density at radius 3 is 2.67 bits per heavy atom. The largest absolute Gasteiger partial charge is 0.354 e. The second-order valence-corrected chi connectivity index (χ2v) is 6.57. The summed E-state index contributed by atoms with van der Waals surface area (Å²) in [5.74, 6) is 0.905. The number of aromatic nitrogens is 3. The normalized spacial score (nSPS) is 14.2. The van der Waals surface area contributed by atoms with Gasteiger partial charge in [0, 0.05) is 49.8 Å². The van der Waals surface area contributed by atoms with Crippen molar-refractivity contribution in [3.63, 3.8) is 0 Å². The molecule has 0 atom stereocenters. The van der Waals surface area contributed by atoms with Gasteiger partial charge in [-0.05, 0) is 36.4 Å². The number of benzene rings is 1. The number of hydrogen-bond acceptors (Lipinski definition) is 6. The number of nitrogens with one attached hydrogen (secondary N) is 2. The Morgan fingerprint density at radius 1 is 1.07 bits per heavy atom. The van der Waals surface area contributed by atoms with Crippen molar-refractivity contribution in [1.82, 2.24) is 20.3 Å². The lowest BCUT2D eigenvalue weighted by atomic mass is 10.2. The Hall–Kier alpha value is -2.77. The van der Waals surface area contributed by atoms with Gasteiger partial charge in [-0.3, -0.25) is 0 Å². The molecule has 3 heterocycles. The van der Waals surface area contributed by atoms with Crippen molar-refractivity contribution in [1.29, 1.82) is 0 Å². The first-order valence-corrected chi connectivity index (χ1v) is 9.04. The molecule has 0 unspecified atom stereocenters. The van der Waals surface area contributed by atoms with Crippen LogP contribution in [0.25, 0.3) is 11.3 Å². The van der Waals surface area contributed by atoms with Gasteiger partial charge in [0.1, 0.15) is 11.6 Å². The molecule has 0 saturated carbocycles. The van der Waals surface area contributed by atoms with E-state index in [2.05, 4.69) is 30.5 Å². The molecule has 2 N–H and O–H groups in total. The topological polar surface area (TPSA) is 66.0 Å². The fourth-order valence-electron chi connectivity index (χ4n) is 2.90. The van der Waals surface area contributed by atoms with Gasteiger partial charge in [-0.15, -0.1) is 0 Å². The highest BCUT2D eigenvalue weighted by molar-refractivity contribution is 6.31. The molecule has 6 nitrogen and oxygen atoms in total. The third kappa shape index (κ3) is 4.15. The second kappa shape index (κ2) is 7.85. The molecule has 1 fully saturated rings. The molecule has 3 aromatic rings. The lowest BCUT2D eigenvalue weighted by Gasteiger charge is -2.28. The number of pyridine rings is 1. The predicted octanol–water partition coefficient (Wildman–Crippen LogP) is 3.48. The van der Waals surface area contributed by atoms with E-state index in [1.54, 1.807) is 12.3 Å². The summed E-state index contributed by atoms with van der Waals surface area (Å²) < 4.78 is 13.3. The zero-order chi connectivity index (χ0) is 18.6. The van der Waals surface area contributed by atoms with Gasteiger partial charge in [-0.1, -0.05) is 11.6 Å². The van der Waals surface area contributed by atoms with Crippen LogP contribution in [0.4, 0.5) is 21.8 Å². The Bertz CT molecular complexity index is 928. The average molecular weight is 385 g/mol. The van der Waals surface area contributed by atoms with Gasteiger partial charge in [0.2, 0.25) is 5.95 Å². The predicted molar refractivity (Wildman–Crippen MR) is 105 cm³/mol. The average Bonchev–Trinajstić information content (AvgIpc) is 2.72. The van der Waals surface area contributed by atoms with E-state index >= 15 is 0 Å². The summed E-state index contributed by atoms with van der Waals surface area (Å²) in [7, 11) is 0. The molecule has 0 bridgehead atoms. The number of halogens is 2. The SMILES string of the molecule is Fc1ccc(Nc2nccc(-c3ccc(N4CCNCC4)nc3)n2)cc1Cl. The maximum absolute atomic E-state index is 13.3. The van der Waals surface area contributed by atoms with Crippen LogP contribution in [0.1, 0.15) is 0 Å². The standard InChI is InChI=1S/C19H18ClFN6/c20-15-11-14(2-3-16(15)21)25-19-23-6-5-17(26-19)13-1-4-18(24-12-13)27-9-7-22-8-10-27/h1-6,11-12,22H,7-10H2,(H,23,25,26). The van der Waals surface area contributed by atoms with Crippen LogP contribution in [0.3, 0.4) is 0 Å². The van der Waals surface area contributed by atoms with E-state index in [1.165, 1.54) is 12.1 Å². The summed E-state index contributed by atoms with van der Waals surface area (Å²) in [6.07, 6.45) is 3.48. The molecular formula is C19H18ClFN6. The number of rotatable bonds is 4. The zero-order valence-corrected chi connectivity index (χ0v) is 15.2. The van der Waals surface area contributed by atoms with Crippen LogP contribution in [0.15, 0.2) is 48.8 Å². The van der Waals surface area contributed by atoms with Crippen LogP contribution in [0.2, 0.25) is 5.02 Å². The lowest BCUT2D eigenvalue weighted by Crippen LogP contribution is -2.43. The highest BCUT2D eigenvalue weighted by atomic mass is 35.5. The van der Waals surface area contributed by atoms with E-state index in [1.807, 2.05) is 24.4 Å². The Balaban J connectivity index is 1.52. The van der Waals surface area contributed by atoms with Crippen LogP contribution in [-0.4, -0.2) is 41.1 Å². The van der Waals surface area contributed by atoms with Gasteiger partial charge in [0.05, 0.1) is 10.7 Å². The van der Waals surface area contributed by atoms with Crippen molar-refractivity contribution < 1.29 is 4.39 Å². The first kappa shape index (κ1) is 17.6. The molecule has 1 aliphatic rings. The smallest absolute Gasteiger partial charge is 0.227 e. The van der Waals surface area contributed by atoms with Crippen molar-refractivity contribution in [2.75, 3.05) is 36.4 Å². The summed E-state index contributed by atoms with van der Waals surface area (Å²) in [6, 6.07) is 10.2. The quantitative estimate of drug-likeness (QED) is 0.718. The first-order valence-electron chi connectivity index (χ1n) is 8.66. The number of nitrogens with zero attached hydrogens (tertiary/aromatic N) is 4. The molecule has 138 valence electrons. The summed E-state index contributed by atoms with van der Waals surface area (Å²) in [5, 5.41) is 6.41. The lowest BCUT2D eigenvalue weighted by molar-refractivity contribution is 0.585. The Kier molecular flexibility index (Phi) is 5.13. The molecule has 1 aliphatic heterocycles. The Labute approximate surface area is 161 Å². The highest BCUT2D eigenvalue weighted by Crippen LogP contribution is 2.23. The van der Waals surface area contributed by atoms with Crippen LogP contribution in [0, 0.1) is 5.82 Å². The number of hydrogen-bond donors (Lipinski definition) is 2. The minimum atomic E-state index is -0.465. The highest BCUT2D eigenvalue weighted by Gasteiger charge is 2.12. The molecular weight excluding hydrogens is 367 g/mol. The minimum absolute atomic E-state index is 0.0452. The van der Waals surface area contributed by atoms with Gasteiger partial charge >= 0.3 is 0 Å². The summed E-state index contributed by atoms with van der Waals surface area (Å²) >= 11 is 5.81.